The fourth-order valence-electron chi connectivity index (χ4n) is 11.6. The van der Waals surface area contributed by atoms with Crippen LogP contribution < -0.4 is 56.8 Å². The Labute approximate surface area is 633 Å². The molecule has 0 atom stereocenters. The molecule has 4 fully saturated rings. The fraction of sp³-hybridized carbons (Fsp3) is 0.279. The summed E-state index contributed by atoms with van der Waals surface area (Å²) in [6.07, 6.45) is 3.56. The number of esters is 8. The number of hydrogen-bond donors (Lipinski definition) is 0. The van der Waals surface area contributed by atoms with Crippen molar-refractivity contribution in [2.45, 2.75) is 53.4 Å². The first-order valence-corrected chi connectivity index (χ1v) is 35.9. The van der Waals surface area contributed by atoms with Crippen LogP contribution in [0.25, 0.3) is 0 Å². The molecule has 24 nitrogen and oxygen atoms in total. The van der Waals surface area contributed by atoms with Crippen molar-refractivity contribution in [2.75, 3.05) is 79.3 Å². The summed E-state index contributed by atoms with van der Waals surface area (Å²) in [5.41, 5.74) is 0.228. The monoisotopic (exact) mass is 1490 g/mol. The highest BCUT2D eigenvalue weighted by molar-refractivity contribution is 5.98. The van der Waals surface area contributed by atoms with Gasteiger partial charge in [0.15, 0.2) is 23.0 Å². The van der Waals surface area contributed by atoms with Crippen LogP contribution >= 0.6 is 0 Å². The summed E-state index contributed by atoms with van der Waals surface area (Å²) >= 11 is 0. The van der Waals surface area contributed by atoms with E-state index >= 15 is 0 Å². The second-order valence-electron chi connectivity index (χ2n) is 27.6. The summed E-state index contributed by atoms with van der Waals surface area (Å²) in [5.74, 6) is -6.78. The molecule has 0 amide bonds. The third-order valence-corrected chi connectivity index (χ3v) is 19.8. The number of carbonyl (C=O) groups excluding carboxylic acids is 8. The maximum atomic E-state index is 14.3. The van der Waals surface area contributed by atoms with Gasteiger partial charge in [-0.2, -0.15) is 0 Å². The molecule has 4 saturated heterocycles. The van der Waals surface area contributed by atoms with Crippen molar-refractivity contribution in [3.8, 4) is 69.0 Å². The van der Waals surface area contributed by atoms with Gasteiger partial charge in [0.2, 0.25) is 0 Å². The van der Waals surface area contributed by atoms with Gasteiger partial charge in [0.1, 0.15) is 46.0 Å². The third kappa shape index (κ3) is 18.5. The Morgan fingerprint density at radius 1 is 0.227 bits per heavy atom. The predicted octanol–water partition coefficient (Wildman–Crippen LogP) is 14.7. The van der Waals surface area contributed by atoms with E-state index in [0.29, 0.717) is 102 Å². The first kappa shape index (κ1) is 76.0. The largest absolute Gasteiger partial charge is 0.493 e. The van der Waals surface area contributed by atoms with E-state index in [1.54, 1.807) is 97.1 Å². The van der Waals surface area contributed by atoms with E-state index < -0.39 is 70.8 Å². The molecule has 0 saturated carbocycles. The second kappa shape index (κ2) is 33.9. The Morgan fingerprint density at radius 3 is 0.509 bits per heavy atom. The average Bonchev–Trinajstić information content (AvgIpc) is 0.794. The molecule has 13 rings (SSSR count). The zero-order valence-electron chi connectivity index (χ0n) is 60.7. The molecule has 9 aromatic rings. The molecule has 0 unspecified atom stereocenters. The van der Waals surface area contributed by atoms with Gasteiger partial charge >= 0.3 is 47.8 Å². The smallest absolute Gasteiger partial charge is 0.343 e. The average molecular weight is 1500 g/mol. The van der Waals surface area contributed by atoms with Crippen molar-refractivity contribution in [1.82, 2.24) is 0 Å². The number of rotatable bonds is 32. The van der Waals surface area contributed by atoms with Crippen molar-refractivity contribution >= 4 is 47.8 Å². The molecule has 4 aliphatic rings. The van der Waals surface area contributed by atoms with E-state index in [2.05, 4.69) is 27.7 Å². The molecule has 4 heterocycles. The summed E-state index contributed by atoms with van der Waals surface area (Å²) in [5, 5.41) is 0. The van der Waals surface area contributed by atoms with Gasteiger partial charge in [-0.15, -0.1) is 0 Å². The Bertz CT molecular complexity index is 4160. The van der Waals surface area contributed by atoms with Gasteiger partial charge in [0.25, 0.3) is 0 Å². The van der Waals surface area contributed by atoms with Crippen LogP contribution in [0.5, 0.6) is 69.0 Å². The molecule has 0 radical (unpaired) electrons. The van der Waals surface area contributed by atoms with Gasteiger partial charge in [0, 0.05) is 12.1 Å². The summed E-state index contributed by atoms with van der Waals surface area (Å²) in [4.78, 5) is 111. The Morgan fingerprint density at radius 2 is 0.373 bits per heavy atom. The van der Waals surface area contributed by atoms with Crippen LogP contribution in [0.15, 0.2) is 206 Å². The Kier molecular flexibility index (Phi) is 23.4. The highest BCUT2D eigenvalue weighted by Crippen LogP contribution is 2.43. The topological polar surface area (TPSA) is 284 Å². The summed E-state index contributed by atoms with van der Waals surface area (Å²) in [6, 6.07) is 49.0. The van der Waals surface area contributed by atoms with Crippen molar-refractivity contribution in [1.29, 1.82) is 0 Å². The van der Waals surface area contributed by atoms with Gasteiger partial charge in [-0.1, -0.05) is 27.7 Å². The standard InChI is InChI=1S/C86H78O24/c1-5-83(43-95-44-83)51-99-63-25-9-55(10-26-63)75(87)103-67-33-17-59(18-34-67)79(91)107-71-41-73(109-81(93)61-21-37-69(38-22-61)105-77(89)57-13-29-65(30-14-57)101-53-85(7-3)47-97-48-85)74(110-82(94)62-23-39-70(40-24-62)106-78(90)58-15-31-66(32-16-58)102-54-86(8-4)49-98-50-86)42-72(71)108-80(92)60-19-35-68(36-20-60)104-76(88)56-11-27-64(28-12-56)100-52-84(6-2)45-96-46-84/h9-42H,5-8,43-54H2,1-4H3. The molecule has 9 aromatic carbocycles. The lowest BCUT2D eigenvalue weighted by atomic mass is 9.84. The van der Waals surface area contributed by atoms with E-state index in [1.807, 2.05) is 0 Å². The quantitative estimate of drug-likeness (QED) is 0.0280. The number of carbonyl (C=O) groups is 8. The number of hydrogen-bond acceptors (Lipinski definition) is 24. The molecule has 0 bridgehead atoms. The van der Waals surface area contributed by atoms with Crippen molar-refractivity contribution in [2.24, 2.45) is 21.7 Å². The predicted molar refractivity (Wildman–Crippen MR) is 394 cm³/mol. The number of ether oxygens (including phenoxy) is 16. The molecule has 24 heteroatoms. The van der Waals surface area contributed by atoms with Gasteiger partial charge in [0.05, 0.1) is 145 Å². The Hall–Kier alpha value is -12.2. The summed E-state index contributed by atoms with van der Waals surface area (Å²) in [6.45, 7) is 15.0. The highest BCUT2D eigenvalue weighted by Gasteiger charge is 2.41. The number of benzene rings is 9. The lowest BCUT2D eigenvalue weighted by Gasteiger charge is -2.40. The van der Waals surface area contributed by atoms with E-state index in [-0.39, 0.29) is 89.2 Å². The molecule has 0 aromatic heterocycles. The minimum atomic E-state index is -1.07. The van der Waals surface area contributed by atoms with E-state index in [1.165, 1.54) is 97.1 Å². The minimum absolute atomic E-state index is 0.0542. The summed E-state index contributed by atoms with van der Waals surface area (Å²) < 4.78 is 91.9. The van der Waals surface area contributed by atoms with Crippen molar-refractivity contribution in [3.05, 3.63) is 251 Å². The molecule has 0 aliphatic carbocycles. The van der Waals surface area contributed by atoms with Crippen LogP contribution in [0.1, 0.15) is 136 Å². The van der Waals surface area contributed by atoms with Crippen LogP contribution in [0.2, 0.25) is 0 Å². The van der Waals surface area contributed by atoms with Crippen LogP contribution in [-0.2, 0) is 18.9 Å². The van der Waals surface area contributed by atoms with Crippen molar-refractivity contribution in [3.63, 3.8) is 0 Å². The highest BCUT2D eigenvalue weighted by atomic mass is 16.6. The lowest BCUT2D eigenvalue weighted by molar-refractivity contribution is -0.133. The van der Waals surface area contributed by atoms with Gasteiger partial charge < -0.3 is 75.8 Å². The Balaban J connectivity index is 0.746. The van der Waals surface area contributed by atoms with E-state index in [9.17, 15) is 38.4 Å². The zero-order valence-corrected chi connectivity index (χ0v) is 60.7. The molecule has 0 N–H and O–H groups in total. The SMILES string of the molecule is CCC1(COc2ccc(C(=O)Oc3ccc(C(=O)Oc4cc(OC(=O)c5ccc(OC(=O)c6ccc(OCC7(CC)COC7)cc6)cc5)c(OC(=O)c5ccc(OC(=O)c6ccc(OCC7(CC)COC7)cc6)cc5)cc4OC(=O)c4ccc(OC(=O)c5ccc(OCC6(CC)COC6)cc5)cc4)cc3)cc2)COC1. The van der Waals surface area contributed by atoms with Crippen LogP contribution in [0.3, 0.4) is 0 Å². The maximum absolute atomic E-state index is 14.3. The normalized spacial score (nSPS) is 15.2. The van der Waals surface area contributed by atoms with Crippen LogP contribution in [-0.4, -0.2) is 127 Å². The second-order valence-corrected chi connectivity index (χ2v) is 27.6. The lowest BCUT2D eigenvalue weighted by Crippen LogP contribution is -2.46. The first-order valence-electron chi connectivity index (χ1n) is 35.9. The van der Waals surface area contributed by atoms with Crippen LogP contribution in [0, 0.1) is 21.7 Å². The van der Waals surface area contributed by atoms with Gasteiger partial charge in [-0.3, -0.25) is 0 Å². The van der Waals surface area contributed by atoms with E-state index in [0.717, 1.165) is 37.8 Å². The van der Waals surface area contributed by atoms with Crippen molar-refractivity contribution < 1.29 is 114 Å². The van der Waals surface area contributed by atoms with Gasteiger partial charge in [-0.05, 0) is 220 Å². The van der Waals surface area contributed by atoms with Gasteiger partial charge in [-0.25, -0.2) is 38.4 Å². The fourth-order valence-corrected chi connectivity index (χ4v) is 11.6. The van der Waals surface area contributed by atoms with E-state index in [4.69, 9.17) is 75.8 Å². The molecule has 0 spiro atoms. The maximum Gasteiger partial charge on any atom is 0.343 e. The molecular formula is C86H78O24. The molecule has 110 heavy (non-hydrogen) atoms. The molecule has 4 aliphatic heterocycles. The first-order chi connectivity index (χ1) is 53.3. The minimum Gasteiger partial charge on any atom is -0.493 e. The summed E-state index contributed by atoms with van der Waals surface area (Å²) in [7, 11) is 0. The molecule has 566 valence electrons. The zero-order chi connectivity index (χ0) is 76.8. The molecular weight excluding hydrogens is 1420 g/mol. The van der Waals surface area contributed by atoms with Crippen LogP contribution in [0.4, 0.5) is 0 Å². The third-order valence-electron chi connectivity index (χ3n) is 19.8.